The molecule has 3 aromatic heterocycles. The normalized spacial score (nSPS) is 18.4. The molecule has 1 saturated carbocycles. The summed E-state index contributed by atoms with van der Waals surface area (Å²) in [6.07, 6.45) is 0.0814. The molecule has 34 heavy (non-hydrogen) atoms. The van der Waals surface area contributed by atoms with Gasteiger partial charge in [0.2, 0.25) is 0 Å². The van der Waals surface area contributed by atoms with Gasteiger partial charge in [0.05, 0.1) is 16.7 Å². The van der Waals surface area contributed by atoms with Crippen molar-refractivity contribution in [3.63, 3.8) is 0 Å². The Morgan fingerprint density at radius 2 is 1.65 bits per heavy atom. The Morgan fingerprint density at radius 3 is 2.44 bits per heavy atom. The quantitative estimate of drug-likeness (QED) is 0.435. The summed E-state index contributed by atoms with van der Waals surface area (Å²) in [7, 11) is 2.08. The van der Waals surface area contributed by atoms with E-state index < -0.39 is 6.10 Å². The molecule has 2 aromatic carbocycles. The Labute approximate surface area is 197 Å². The summed E-state index contributed by atoms with van der Waals surface area (Å²) in [5.74, 6) is 3.96. The van der Waals surface area contributed by atoms with Crippen LogP contribution >= 0.6 is 0 Å². The molecule has 1 aliphatic rings. The van der Waals surface area contributed by atoms with Crippen LogP contribution in [0.25, 0.3) is 16.9 Å². The van der Waals surface area contributed by atoms with E-state index >= 15 is 0 Å². The van der Waals surface area contributed by atoms with Gasteiger partial charge in [-0.05, 0) is 38.0 Å². The molecule has 1 N–H and O–H groups in total. The van der Waals surface area contributed by atoms with Crippen molar-refractivity contribution in [1.82, 2.24) is 34.3 Å². The van der Waals surface area contributed by atoms with E-state index in [0.29, 0.717) is 29.2 Å². The van der Waals surface area contributed by atoms with E-state index in [1.165, 1.54) is 0 Å². The van der Waals surface area contributed by atoms with Crippen molar-refractivity contribution in [3.8, 4) is 5.82 Å². The first-order chi connectivity index (χ1) is 16.5. The lowest BCUT2D eigenvalue weighted by atomic mass is 10.1. The van der Waals surface area contributed by atoms with Gasteiger partial charge in [-0.2, -0.15) is 4.68 Å². The lowest BCUT2D eigenvalue weighted by Gasteiger charge is -2.13. The van der Waals surface area contributed by atoms with Gasteiger partial charge in [0, 0.05) is 24.9 Å². The lowest BCUT2D eigenvalue weighted by Crippen LogP contribution is -2.12. The van der Waals surface area contributed by atoms with Gasteiger partial charge >= 0.3 is 0 Å². The van der Waals surface area contributed by atoms with Crippen LogP contribution in [0, 0.1) is 13.8 Å². The maximum Gasteiger partial charge on any atom is 0.167 e. The molecule has 0 bridgehead atoms. The minimum absolute atomic E-state index is 0.267. The Hall–Kier alpha value is -3.91. The van der Waals surface area contributed by atoms with Crippen LogP contribution < -0.4 is 0 Å². The number of para-hydroxylation sites is 2. The molecule has 8 nitrogen and oxygen atoms in total. The molecule has 1 fully saturated rings. The Bertz CT molecular complexity index is 1500. The number of imidazole rings is 1. The molecule has 0 amide bonds. The molecule has 3 atom stereocenters. The van der Waals surface area contributed by atoms with Crippen molar-refractivity contribution in [1.29, 1.82) is 0 Å². The second kappa shape index (κ2) is 7.85. The predicted octanol–water partition coefficient (Wildman–Crippen LogP) is 3.91. The molecule has 170 valence electrons. The van der Waals surface area contributed by atoms with E-state index in [0.717, 1.165) is 34.5 Å². The minimum Gasteiger partial charge on any atom is -0.380 e. The number of hydrogen-bond donors (Lipinski definition) is 1. The van der Waals surface area contributed by atoms with Crippen molar-refractivity contribution in [2.75, 3.05) is 0 Å². The van der Waals surface area contributed by atoms with Crippen molar-refractivity contribution in [2.45, 2.75) is 38.2 Å². The molecule has 6 rings (SSSR count). The summed E-state index contributed by atoms with van der Waals surface area (Å²) in [5.41, 5.74) is 3.88. The van der Waals surface area contributed by atoms with E-state index in [-0.39, 0.29) is 5.92 Å². The van der Waals surface area contributed by atoms with Crippen molar-refractivity contribution < 1.29 is 5.11 Å². The van der Waals surface area contributed by atoms with Crippen LogP contribution in [-0.2, 0) is 7.05 Å². The average molecular weight is 452 g/mol. The van der Waals surface area contributed by atoms with Gasteiger partial charge in [-0.15, -0.1) is 5.10 Å². The highest BCUT2D eigenvalue weighted by Gasteiger charge is 2.44. The van der Waals surface area contributed by atoms with Gasteiger partial charge in [0.15, 0.2) is 11.6 Å². The third-order valence-electron chi connectivity index (χ3n) is 6.48. The van der Waals surface area contributed by atoms with E-state index in [1.54, 1.807) is 4.68 Å². The fourth-order valence-electron chi connectivity index (χ4n) is 4.74. The zero-order chi connectivity index (χ0) is 23.4. The molecule has 3 heterocycles. The minimum atomic E-state index is -0.908. The van der Waals surface area contributed by atoms with Gasteiger partial charge < -0.3 is 9.67 Å². The van der Waals surface area contributed by atoms with Crippen LogP contribution in [0.1, 0.15) is 58.9 Å². The number of aliphatic hydroxyl groups is 1. The van der Waals surface area contributed by atoms with Crippen LogP contribution in [0.5, 0.6) is 0 Å². The summed E-state index contributed by atoms with van der Waals surface area (Å²) in [5, 5.41) is 15.6. The fourth-order valence-corrected chi connectivity index (χ4v) is 4.74. The first-order valence-electron chi connectivity index (χ1n) is 11.4. The maximum atomic E-state index is 11.0. The molecule has 0 aliphatic heterocycles. The third-order valence-corrected chi connectivity index (χ3v) is 6.48. The van der Waals surface area contributed by atoms with Crippen LogP contribution in [0.4, 0.5) is 0 Å². The topological polar surface area (TPSA) is 94.5 Å². The zero-order valence-electron chi connectivity index (χ0n) is 19.3. The zero-order valence-corrected chi connectivity index (χ0v) is 19.3. The molecular weight excluding hydrogens is 426 g/mol. The fraction of sp³-hybridized carbons (Fsp3) is 0.269. The van der Waals surface area contributed by atoms with Gasteiger partial charge in [-0.1, -0.05) is 42.5 Å². The van der Waals surface area contributed by atoms with Crippen LogP contribution in [0.3, 0.4) is 0 Å². The summed E-state index contributed by atoms with van der Waals surface area (Å²) in [4.78, 5) is 18.8. The number of hydrogen-bond acceptors (Lipinski definition) is 6. The van der Waals surface area contributed by atoms with Gasteiger partial charge in [-0.25, -0.2) is 19.9 Å². The lowest BCUT2D eigenvalue weighted by molar-refractivity contribution is 0.206. The number of aliphatic hydroxyl groups excluding tert-OH is 1. The van der Waals surface area contributed by atoms with E-state index in [4.69, 9.17) is 9.97 Å². The average Bonchev–Trinajstić information content (AvgIpc) is 3.44. The van der Waals surface area contributed by atoms with E-state index in [2.05, 4.69) is 38.8 Å². The number of fused-ring (bicyclic) bond motifs is 1. The first-order valence-corrected chi connectivity index (χ1v) is 11.4. The van der Waals surface area contributed by atoms with Crippen LogP contribution in [0.15, 0.2) is 60.7 Å². The van der Waals surface area contributed by atoms with Crippen LogP contribution in [-0.4, -0.2) is 39.4 Å². The Balaban J connectivity index is 1.35. The Morgan fingerprint density at radius 1 is 0.882 bits per heavy atom. The standard InChI is InChI=1S/C26H25N7O/c1-15-27-21(18-13-19(18)25-30-20-11-7-8-12-22(20)32(25)3)14-23(28-15)33-26(29-16(2)31-33)24(34)17-9-5-4-6-10-17/h4-12,14,18-19,24,34H,13H2,1-3H3/t18-,19-,24+/m1/s1. The molecule has 1 aliphatic carbocycles. The first kappa shape index (κ1) is 20.7. The summed E-state index contributed by atoms with van der Waals surface area (Å²) in [6, 6.07) is 19.6. The van der Waals surface area contributed by atoms with Crippen molar-refractivity contribution in [3.05, 3.63) is 95.2 Å². The molecule has 5 aromatic rings. The number of rotatable bonds is 5. The van der Waals surface area contributed by atoms with Gasteiger partial charge in [-0.3, -0.25) is 0 Å². The van der Waals surface area contributed by atoms with Crippen LogP contribution in [0.2, 0.25) is 0 Å². The van der Waals surface area contributed by atoms with E-state index in [9.17, 15) is 5.11 Å². The van der Waals surface area contributed by atoms with Gasteiger partial charge in [0.25, 0.3) is 0 Å². The largest absolute Gasteiger partial charge is 0.380 e. The molecule has 0 spiro atoms. The Kier molecular flexibility index (Phi) is 4.77. The second-order valence-corrected chi connectivity index (χ2v) is 8.91. The van der Waals surface area contributed by atoms with Gasteiger partial charge in [0.1, 0.15) is 23.6 Å². The molecule has 0 radical (unpaired) electrons. The highest BCUT2D eigenvalue weighted by Crippen LogP contribution is 2.54. The third kappa shape index (κ3) is 3.47. The van der Waals surface area contributed by atoms with E-state index in [1.807, 2.05) is 62.4 Å². The summed E-state index contributed by atoms with van der Waals surface area (Å²) in [6.45, 7) is 3.70. The smallest absolute Gasteiger partial charge is 0.167 e. The summed E-state index contributed by atoms with van der Waals surface area (Å²) < 4.78 is 3.82. The second-order valence-electron chi connectivity index (χ2n) is 8.91. The number of nitrogens with zero attached hydrogens (tertiary/aromatic N) is 7. The molecule has 0 saturated heterocycles. The predicted molar refractivity (Wildman–Crippen MR) is 128 cm³/mol. The molecule has 0 unspecified atom stereocenters. The molecular formula is C26H25N7O. The number of aromatic nitrogens is 7. The maximum absolute atomic E-state index is 11.0. The van der Waals surface area contributed by atoms with Crippen molar-refractivity contribution in [2.24, 2.45) is 7.05 Å². The number of benzene rings is 2. The summed E-state index contributed by atoms with van der Waals surface area (Å²) >= 11 is 0. The number of aryl methyl sites for hydroxylation is 3. The van der Waals surface area contributed by atoms with Crippen molar-refractivity contribution >= 4 is 11.0 Å². The molecule has 8 heteroatoms. The SMILES string of the molecule is Cc1nc([C@@H]2C[C@H]2c2nc3ccccc3n2C)cc(-n2nc(C)nc2[C@@H](O)c2ccccc2)n1. The highest BCUT2D eigenvalue weighted by atomic mass is 16.3. The monoisotopic (exact) mass is 451 g/mol. The highest BCUT2D eigenvalue weighted by molar-refractivity contribution is 5.76.